The second kappa shape index (κ2) is 9.66. The van der Waals surface area contributed by atoms with E-state index in [-0.39, 0.29) is 12.1 Å². The van der Waals surface area contributed by atoms with Crippen LogP contribution in [0, 0.1) is 0 Å². The summed E-state index contributed by atoms with van der Waals surface area (Å²) in [5.41, 5.74) is 3.94. The highest BCUT2D eigenvalue weighted by Gasteiger charge is 2.41. The van der Waals surface area contributed by atoms with Crippen molar-refractivity contribution >= 4 is 40.5 Å². The van der Waals surface area contributed by atoms with Gasteiger partial charge in [-0.2, -0.15) is 0 Å². The van der Waals surface area contributed by atoms with E-state index >= 15 is 0 Å². The lowest BCUT2D eigenvalue weighted by atomic mass is 10.0. The molecule has 0 bridgehead atoms. The van der Waals surface area contributed by atoms with Gasteiger partial charge in [0, 0.05) is 29.7 Å². The fraction of sp³-hybridized carbons (Fsp3) is 0.154. The van der Waals surface area contributed by atoms with Gasteiger partial charge in [-0.25, -0.2) is 0 Å². The molecular weight excluding hydrogens is 487 g/mol. The Balaban J connectivity index is 1.59. The van der Waals surface area contributed by atoms with Crippen molar-refractivity contribution in [2.24, 2.45) is 0 Å². The second-order valence-electron chi connectivity index (χ2n) is 8.00. The Morgan fingerprint density at radius 2 is 1.85 bits per heavy atom. The Morgan fingerprint density at radius 1 is 1.03 bits per heavy atom. The number of aromatic nitrogens is 2. The zero-order valence-electron chi connectivity index (χ0n) is 18.4. The molecule has 4 aromatic rings. The average molecular weight is 509 g/mol. The number of nitrogens with zero attached hydrogens (tertiary/aromatic N) is 3. The lowest BCUT2D eigenvalue weighted by Gasteiger charge is -2.29. The predicted molar refractivity (Wildman–Crippen MR) is 140 cm³/mol. The summed E-state index contributed by atoms with van der Waals surface area (Å²) in [5.74, 6) is 0.819. The van der Waals surface area contributed by atoms with Crippen LogP contribution in [0.25, 0.3) is 5.69 Å². The first-order chi connectivity index (χ1) is 16.5. The molecular formula is C26H22Cl2N4OS. The second-order valence-corrected chi connectivity index (χ2v) is 9.23. The lowest BCUT2D eigenvalue weighted by molar-refractivity contribution is 0.302. The third-order valence-electron chi connectivity index (χ3n) is 5.96. The molecule has 1 saturated heterocycles. The summed E-state index contributed by atoms with van der Waals surface area (Å²) in [6, 6.07) is 23.4. The van der Waals surface area contributed by atoms with Crippen molar-refractivity contribution in [3.63, 3.8) is 0 Å². The van der Waals surface area contributed by atoms with Gasteiger partial charge >= 0.3 is 0 Å². The van der Waals surface area contributed by atoms with Crippen molar-refractivity contribution in [1.29, 1.82) is 0 Å². The highest BCUT2D eigenvalue weighted by Crippen LogP contribution is 2.41. The smallest absolute Gasteiger partial charge is 0.170 e. The summed E-state index contributed by atoms with van der Waals surface area (Å²) in [7, 11) is 1.66. The van der Waals surface area contributed by atoms with Gasteiger partial charge in [0.1, 0.15) is 5.75 Å². The standard InChI is InChI=1S/C26H22Cl2N4OS/c1-33-19-10-7-17(8-11-19)16-32-25(24(30-26(32)34)21-5-2-3-13-29-21)23-6-4-14-31(23)22-12-9-18(27)15-20(22)28/h2-15,24-25H,16H2,1H3,(H,30,34)/t24-,25+/m1/s1. The molecule has 8 heteroatoms. The Labute approximate surface area is 213 Å². The summed E-state index contributed by atoms with van der Waals surface area (Å²) in [4.78, 5) is 6.83. The molecule has 0 saturated carbocycles. The summed E-state index contributed by atoms with van der Waals surface area (Å²) in [6.45, 7) is 0.628. The first kappa shape index (κ1) is 22.7. The molecule has 5 rings (SSSR count). The molecule has 172 valence electrons. The lowest BCUT2D eigenvalue weighted by Crippen LogP contribution is -2.30. The van der Waals surface area contributed by atoms with Gasteiger partial charge in [-0.3, -0.25) is 4.98 Å². The highest BCUT2D eigenvalue weighted by molar-refractivity contribution is 7.80. The van der Waals surface area contributed by atoms with Crippen molar-refractivity contribution in [2.75, 3.05) is 7.11 Å². The van der Waals surface area contributed by atoms with Crippen LogP contribution in [0.1, 0.15) is 29.0 Å². The van der Waals surface area contributed by atoms with E-state index in [1.165, 1.54) is 0 Å². The number of thiocarbonyl (C=S) groups is 1. The van der Waals surface area contributed by atoms with E-state index in [4.69, 9.17) is 40.2 Å². The fourth-order valence-corrected chi connectivity index (χ4v) is 5.16. The summed E-state index contributed by atoms with van der Waals surface area (Å²) in [5, 5.41) is 5.35. The maximum atomic E-state index is 6.59. The summed E-state index contributed by atoms with van der Waals surface area (Å²) < 4.78 is 7.41. The molecule has 34 heavy (non-hydrogen) atoms. The number of ether oxygens (including phenoxy) is 1. The zero-order valence-corrected chi connectivity index (χ0v) is 20.7. The maximum absolute atomic E-state index is 6.59. The van der Waals surface area contributed by atoms with Gasteiger partial charge in [-0.1, -0.05) is 41.4 Å². The molecule has 2 aromatic heterocycles. The molecule has 2 aromatic carbocycles. The molecule has 0 aliphatic carbocycles. The van der Waals surface area contributed by atoms with Crippen LogP contribution in [0.2, 0.25) is 10.0 Å². The Kier molecular flexibility index (Phi) is 6.46. The number of hydrogen-bond donors (Lipinski definition) is 1. The molecule has 5 nitrogen and oxygen atoms in total. The van der Waals surface area contributed by atoms with Gasteiger partial charge in [0.25, 0.3) is 0 Å². The number of benzene rings is 2. The normalized spacial score (nSPS) is 17.6. The van der Waals surface area contributed by atoms with E-state index in [2.05, 4.69) is 38.0 Å². The molecule has 2 atom stereocenters. The Morgan fingerprint density at radius 3 is 2.56 bits per heavy atom. The van der Waals surface area contributed by atoms with Crippen LogP contribution in [0.5, 0.6) is 5.75 Å². The quantitative estimate of drug-likeness (QED) is 0.307. The van der Waals surface area contributed by atoms with Gasteiger partial charge < -0.3 is 19.5 Å². The monoisotopic (exact) mass is 508 g/mol. The van der Waals surface area contributed by atoms with Crippen LogP contribution in [-0.2, 0) is 6.54 Å². The number of hydrogen-bond acceptors (Lipinski definition) is 3. The third kappa shape index (κ3) is 4.37. The minimum absolute atomic E-state index is 0.119. The average Bonchev–Trinajstić information content (AvgIpc) is 3.44. The van der Waals surface area contributed by atoms with Gasteiger partial charge in [-0.05, 0) is 72.4 Å². The van der Waals surface area contributed by atoms with Crippen molar-refractivity contribution in [3.05, 3.63) is 112 Å². The first-order valence-electron chi connectivity index (χ1n) is 10.8. The molecule has 1 aliphatic heterocycles. The number of nitrogens with one attached hydrogen (secondary N) is 1. The molecule has 0 spiro atoms. The molecule has 0 radical (unpaired) electrons. The topological polar surface area (TPSA) is 42.3 Å². The van der Waals surface area contributed by atoms with Crippen LogP contribution in [0.3, 0.4) is 0 Å². The summed E-state index contributed by atoms with van der Waals surface area (Å²) in [6.07, 6.45) is 3.81. The SMILES string of the molecule is COc1ccc(CN2C(=S)N[C@H](c3ccccn3)[C@@H]2c2cccn2-c2ccc(Cl)cc2Cl)cc1. The zero-order chi connectivity index (χ0) is 23.7. The van der Waals surface area contributed by atoms with E-state index in [0.29, 0.717) is 21.7 Å². The van der Waals surface area contributed by atoms with Crippen LogP contribution in [-0.4, -0.2) is 26.7 Å². The number of halogens is 2. The summed E-state index contributed by atoms with van der Waals surface area (Å²) >= 11 is 18.6. The number of rotatable bonds is 6. The molecule has 1 N–H and O–H groups in total. The molecule has 3 heterocycles. The van der Waals surface area contributed by atoms with E-state index in [1.54, 1.807) is 19.4 Å². The minimum Gasteiger partial charge on any atom is -0.497 e. The van der Waals surface area contributed by atoms with Crippen LogP contribution in [0.15, 0.2) is 85.2 Å². The third-order valence-corrected chi connectivity index (χ3v) is 6.85. The fourth-order valence-electron chi connectivity index (χ4n) is 4.36. The van der Waals surface area contributed by atoms with Crippen molar-refractivity contribution < 1.29 is 4.74 Å². The maximum Gasteiger partial charge on any atom is 0.170 e. The Hall–Kier alpha value is -3.06. The van der Waals surface area contributed by atoms with Crippen LogP contribution in [0.4, 0.5) is 0 Å². The van der Waals surface area contributed by atoms with Gasteiger partial charge in [-0.15, -0.1) is 0 Å². The first-order valence-corrected chi connectivity index (χ1v) is 12.0. The van der Waals surface area contributed by atoms with E-state index in [9.17, 15) is 0 Å². The van der Waals surface area contributed by atoms with Crippen LogP contribution >= 0.6 is 35.4 Å². The number of methoxy groups -OCH3 is 1. The molecule has 0 amide bonds. The largest absolute Gasteiger partial charge is 0.497 e. The van der Waals surface area contributed by atoms with Gasteiger partial charge in [0.2, 0.25) is 0 Å². The molecule has 1 aliphatic rings. The van der Waals surface area contributed by atoms with E-state index in [1.807, 2.05) is 54.7 Å². The highest BCUT2D eigenvalue weighted by atomic mass is 35.5. The minimum atomic E-state index is -0.133. The van der Waals surface area contributed by atoms with Gasteiger partial charge in [0.15, 0.2) is 5.11 Å². The molecule has 0 unspecified atom stereocenters. The van der Waals surface area contributed by atoms with E-state index < -0.39 is 0 Å². The Bertz CT molecular complexity index is 1310. The van der Waals surface area contributed by atoms with Crippen LogP contribution < -0.4 is 10.1 Å². The van der Waals surface area contributed by atoms with Crippen molar-refractivity contribution in [3.8, 4) is 11.4 Å². The van der Waals surface area contributed by atoms with Crippen molar-refractivity contribution in [1.82, 2.24) is 19.8 Å². The predicted octanol–water partition coefficient (Wildman–Crippen LogP) is 6.36. The number of pyridine rings is 1. The van der Waals surface area contributed by atoms with Crippen molar-refractivity contribution in [2.45, 2.75) is 18.6 Å². The van der Waals surface area contributed by atoms with E-state index in [0.717, 1.165) is 28.4 Å². The van der Waals surface area contributed by atoms with Gasteiger partial charge in [0.05, 0.1) is 35.6 Å². The molecule has 1 fully saturated rings.